The molecule has 18 heavy (non-hydrogen) atoms. The summed E-state index contributed by atoms with van der Waals surface area (Å²) in [6.07, 6.45) is 8.08. The second-order valence-electron chi connectivity index (χ2n) is 6.64. The van der Waals surface area contributed by atoms with Crippen molar-refractivity contribution in [1.29, 1.82) is 0 Å². The van der Waals surface area contributed by atoms with Gasteiger partial charge in [-0.05, 0) is 46.2 Å². The molecular weight excluding hydrogens is 224 g/mol. The van der Waals surface area contributed by atoms with Gasteiger partial charge in [-0.3, -0.25) is 9.69 Å². The van der Waals surface area contributed by atoms with Gasteiger partial charge in [0.25, 0.3) is 0 Å². The average Bonchev–Trinajstić information content (AvgIpc) is 2.32. The molecule has 0 spiro atoms. The van der Waals surface area contributed by atoms with Gasteiger partial charge in [-0.1, -0.05) is 6.42 Å². The standard InChI is InChI=1S/C15H26N2O/c1-11-8-14(6-7-16(11)2)17-12-4-3-5-13(17)10-15(18)9-12/h11-14H,3-10H2,1-2H3. The zero-order valence-corrected chi connectivity index (χ0v) is 11.8. The Bertz CT molecular complexity index is 314. The number of likely N-dealkylation sites (tertiary alicyclic amines) is 1. The Morgan fingerprint density at radius 1 is 1.06 bits per heavy atom. The minimum absolute atomic E-state index is 0.516. The summed E-state index contributed by atoms with van der Waals surface area (Å²) in [5, 5.41) is 0. The molecule has 3 aliphatic heterocycles. The van der Waals surface area contributed by atoms with Crippen molar-refractivity contribution in [3.8, 4) is 0 Å². The molecule has 3 nitrogen and oxygen atoms in total. The van der Waals surface area contributed by atoms with Crippen LogP contribution in [0.5, 0.6) is 0 Å². The molecule has 0 radical (unpaired) electrons. The molecule has 0 aromatic heterocycles. The molecule has 4 unspecified atom stereocenters. The molecule has 4 atom stereocenters. The first-order valence-corrected chi connectivity index (χ1v) is 7.64. The van der Waals surface area contributed by atoms with Crippen molar-refractivity contribution in [1.82, 2.24) is 9.80 Å². The SMILES string of the molecule is CC1CC(N2C3CCCC2CC(=O)C3)CCN1C. The predicted octanol–water partition coefficient (Wildman–Crippen LogP) is 2.06. The van der Waals surface area contributed by atoms with Crippen LogP contribution in [-0.4, -0.2) is 53.3 Å². The maximum absolute atomic E-state index is 11.8. The van der Waals surface area contributed by atoms with E-state index in [9.17, 15) is 4.79 Å². The Morgan fingerprint density at radius 2 is 1.72 bits per heavy atom. The summed E-state index contributed by atoms with van der Waals surface area (Å²) in [5.74, 6) is 0.516. The fourth-order valence-electron chi connectivity index (χ4n) is 4.34. The number of Topliss-reactive ketones (excluding diaryl/α,β-unsaturated/α-hetero) is 1. The van der Waals surface area contributed by atoms with E-state index >= 15 is 0 Å². The zero-order chi connectivity index (χ0) is 12.7. The van der Waals surface area contributed by atoms with Crippen molar-refractivity contribution in [3.05, 3.63) is 0 Å². The van der Waals surface area contributed by atoms with Gasteiger partial charge in [-0.25, -0.2) is 0 Å². The summed E-state index contributed by atoms with van der Waals surface area (Å²) in [4.78, 5) is 17.0. The summed E-state index contributed by atoms with van der Waals surface area (Å²) in [7, 11) is 2.24. The zero-order valence-electron chi connectivity index (χ0n) is 11.8. The number of carbonyl (C=O) groups is 1. The van der Waals surface area contributed by atoms with Crippen LogP contribution in [0.2, 0.25) is 0 Å². The van der Waals surface area contributed by atoms with Crippen LogP contribution in [0.15, 0.2) is 0 Å². The highest BCUT2D eigenvalue weighted by Crippen LogP contribution is 2.37. The van der Waals surface area contributed by atoms with Crippen LogP contribution in [0.25, 0.3) is 0 Å². The van der Waals surface area contributed by atoms with Crippen molar-refractivity contribution < 1.29 is 4.79 Å². The molecule has 3 heteroatoms. The number of fused-ring (bicyclic) bond motifs is 2. The molecule has 3 rings (SSSR count). The van der Waals surface area contributed by atoms with Crippen LogP contribution >= 0.6 is 0 Å². The van der Waals surface area contributed by atoms with E-state index in [0.29, 0.717) is 23.9 Å². The third-order valence-corrected chi connectivity index (χ3v) is 5.45. The molecule has 3 heterocycles. The van der Waals surface area contributed by atoms with Crippen LogP contribution in [-0.2, 0) is 4.79 Å². The summed E-state index contributed by atoms with van der Waals surface area (Å²) >= 11 is 0. The first-order valence-electron chi connectivity index (χ1n) is 7.64. The molecule has 2 bridgehead atoms. The minimum Gasteiger partial charge on any atom is -0.304 e. The number of carbonyl (C=O) groups excluding carboxylic acids is 1. The van der Waals surface area contributed by atoms with Gasteiger partial charge in [-0.15, -0.1) is 0 Å². The van der Waals surface area contributed by atoms with E-state index in [1.165, 1.54) is 38.6 Å². The molecule has 0 N–H and O–H groups in total. The highest BCUT2D eigenvalue weighted by molar-refractivity contribution is 5.80. The van der Waals surface area contributed by atoms with Gasteiger partial charge in [0.1, 0.15) is 5.78 Å². The Morgan fingerprint density at radius 3 is 2.33 bits per heavy atom. The van der Waals surface area contributed by atoms with E-state index in [-0.39, 0.29) is 0 Å². The Balaban J connectivity index is 1.73. The monoisotopic (exact) mass is 250 g/mol. The fraction of sp³-hybridized carbons (Fsp3) is 0.933. The largest absolute Gasteiger partial charge is 0.304 e. The molecule has 102 valence electrons. The number of rotatable bonds is 1. The Hall–Kier alpha value is -0.410. The average molecular weight is 250 g/mol. The highest BCUT2D eigenvalue weighted by Gasteiger charge is 2.42. The van der Waals surface area contributed by atoms with E-state index in [2.05, 4.69) is 23.8 Å². The smallest absolute Gasteiger partial charge is 0.136 e. The maximum Gasteiger partial charge on any atom is 0.136 e. The molecular formula is C15H26N2O. The van der Waals surface area contributed by atoms with Gasteiger partial charge in [0.05, 0.1) is 0 Å². The second kappa shape index (κ2) is 4.93. The third kappa shape index (κ3) is 2.23. The van der Waals surface area contributed by atoms with Gasteiger partial charge < -0.3 is 4.90 Å². The van der Waals surface area contributed by atoms with Crippen LogP contribution in [0.3, 0.4) is 0 Å². The van der Waals surface area contributed by atoms with Crippen LogP contribution in [0.1, 0.15) is 51.9 Å². The van der Waals surface area contributed by atoms with Gasteiger partial charge in [0, 0.05) is 37.0 Å². The minimum atomic E-state index is 0.516. The number of hydrogen-bond donors (Lipinski definition) is 0. The van der Waals surface area contributed by atoms with Crippen molar-refractivity contribution >= 4 is 5.78 Å². The van der Waals surface area contributed by atoms with Gasteiger partial charge in [0.15, 0.2) is 0 Å². The van der Waals surface area contributed by atoms with E-state index in [1.807, 2.05) is 0 Å². The van der Waals surface area contributed by atoms with Gasteiger partial charge in [0.2, 0.25) is 0 Å². The lowest BCUT2D eigenvalue weighted by Gasteiger charge is -2.52. The summed E-state index contributed by atoms with van der Waals surface area (Å²) in [5.41, 5.74) is 0. The molecule has 0 aliphatic carbocycles. The van der Waals surface area contributed by atoms with Gasteiger partial charge >= 0.3 is 0 Å². The number of piperidine rings is 3. The lowest BCUT2D eigenvalue weighted by atomic mass is 9.80. The predicted molar refractivity (Wildman–Crippen MR) is 72.6 cm³/mol. The van der Waals surface area contributed by atoms with E-state index in [1.54, 1.807) is 0 Å². The first kappa shape index (κ1) is 12.6. The van der Waals surface area contributed by atoms with E-state index in [0.717, 1.165) is 18.9 Å². The topological polar surface area (TPSA) is 23.6 Å². The molecule has 3 aliphatic rings. The quantitative estimate of drug-likeness (QED) is 0.711. The second-order valence-corrected chi connectivity index (χ2v) is 6.64. The number of ketones is 1. The Labute approximate surface area is 111 Å². The number of hydrogen-bond acceptors (Lipinski definition) is 3. The molecule has 0 aromatic carbocycles. The molecule has 3 fully saturated rings. The summed E-state index contributed by atoms with van der Waals surface area (Å²) in [6.45, 7) is 3.56. The Kier molecular flexibility index (Phi) is 3.46. The molecule has 3 saturated heterocycles. The summed E-state index contributed by atoms with van der Waals surface area (Å²) in [6, 6.07) is 2.58. The normalized spacial score (nSPS) is 43.1. The van der Waals surface area contributed by atoms with E-state index in [4.69, 9.17) is 0 Å². The van der Waals surface area contributed by atoms with Crippen molar-refractivity contribution in [2.75, 3.05) is 13.6 Å². The molecule has 0 amide bonds. The van der Waals surface area contributed by atoms with Crippen LogP contribution < -0.4 is 0 Å². The van der Waals surface area contributed by atoms with Crippen molar-refractivity contribution in [2.24, 2.45) is 0 Å². The van der Waals surface area contributed by atoms with Crippen LogP contribution in [0, 0.1) is 0 Å². The molecule has 0 aromatic rings. The lowest BCUT2D eigenvalue weighted by Crippen LogP contribution is -2.59. The van der Waals surface area contributed by atoms with Gasteiger partial charge in [-0.2, -0.15) is 0 Å². The lowest BCUT2D eigenvalue weighted by molar-refractivity contribution is -0.130. The first-order chi connectivity index (χ1) is 8.65. The van der Waals surface area contributed by atoms with Crippen molar-refractivity contribution in [2.45, 2.75) is 76.0 Å². The van der Waals surface area contributed by atoms with Crippen molar-refractivity contribution in [3.63, 3.8) is 0 Å². The van der Waals surface area contributed by atoms with E-state index < -0.39 is 0 Å². The third-order valence-electron chi connectivity index (χ3n) is 5.45. The highest BCUT2D eigenvalue weighted by atomic mass is 16.1. The maximum atomic E-state index is 11.8. The number of nitrogens with zero attached hydrogens (tertiary/aromatic N) is 2. The summed E-state index contributed by atoms with van der Waals surface area (Å²) < 4.78 is 0. The fourth-order valence-corrected chi connectivity index (χ4v) is 4.34. The van der Waals surface area contributed by atoms with Crippen LogP contribution in [0.4, 0.5) is 0 Å². The molecule has 0 saturated carbocycles.